The summed E-state index contributed by atoms with van der Waals surface area (Å²) in [6.07, 6.45) is 4.02. The van der Waals surface area contributed by atoms with Crippen LogP contribution in [0, 0.1) is 5.92 Å². The molecule has 7 heteroatoms. The van der Waals surface area contributed by atoms with Gasteiger partial charge >= 0.3 is 0 Å². The Morgan fingerprint density at radius 2 is 2.28 bits per heavy atom. The Bertz CT molecular complexity index is 451. The monoisotopic (exact) mass is 251 g/mol. The van der Waals surface area contributed by atoms with Gasteiger partial charge in [-0.2, -0.15) is 0 Å². The van der Waals surface area contributed by atoms with Crippen LogP contribution >= 0.6 is 0 Å². The van der Waals surface area contributed by atoms with E-state index in [1.807, 2.05) is 4.90 Å². The fourth-order valence-electron chi connectivity index (χ4n) is 2.32. The number of oxime groups is 1. The van der Waals surface area contributed by atoms with E-state index in [9.17, 15) is 5.11 Å². The van der Waals surface area contributed by atoms with Crippen molar-refractivity contribution in [1.29, 1.82) is 0 Å². The quantitative estimate of drug-likeness (QED) is 0.296. The molecule has 2 atom stereocenters. The largest absolute Gasteiger partial charge is 0.409 e. The molecule has 1 fully saturated rings. The SMILES string of the molecule is CC1CCN(c2nccnc2C(N)=NO)C1CO. The molecule has 0 saturated carbocycles. The molecule has 1 aliphatic heterocycles. The molecule has 98 valence electrons. The van der Waals surface area contributed by atoms with E-state index in [2.05, 4.69) is 22.0 Å². The van der Waals surface area contributed by atoms with E-state index in [4.69, 9.17) is 10.9 Å². The van der Waals surface area contributed by atoms with Gasteiger partial charge in [0.1, 0.15) is 0 Å². The lowest BCUT2D eigenvalue weighted by atomic mass is 10.0. The number of nitrogens with two attached hydrogens (primary N) is 1. The van der Waals surface area contributed by atoms with Crippen molar-refractivity contribution in [2.24, 2.45) is 16.8 Å². The molecule has 1 saturated heterocycles. The predicted molar refractivity (Wildman–Crippen MR) is 66.5 cm³/mol. The van der Waals surface area contributed by atoms with Crippen LogP contribution in [0.4, 0.5) is 5.82 Å². The van der Waals surface area contributed by atoms with Gasteiger partial charge < -0.3 is 20.9 Å². The smallest absolute Gasteiger partial charge is 0.192 e. The average molecular weight is 251 g/mol. The van der Waals surface area contributed by atoms with Crippen LogP contribution < -0.4 is 10.6 Å². The zero-order valence-corrected chi connectivity index (χ0v) is 10.2. The van der Waals surface area contributed by atoms with Gasteiger partial charge in [-0.25, -0.2) is 9.97 Å². The highest BCUT2D eigenvalue weighted by Gasteiger charge is 2.33. The van der Waals surface area contributed by atoms with Crippen LogP contribution in [0.5, 0.6) is 0 Å². The van der Waals surface area contributed by atoms with Gasteiger partial charge in [-0.3, -0.25) is 0 Å². The highest BCUT2D eigenvalue weighted by atomic mass is 16.4. The third-order valence-electron chi connectivity index (χ3n) is 3.37. The molecule has 0 bridgehead atoms. The average Bonchev–Trinajstić information content (AvgIpc) is 2.78. The second-order valence-corrected chi connectivity index (χ2v) is 4.42. The van der Waals surface area contributed by atoms with E-state index in [-0.39, 0.29) is 18.5 Å². The van der Waals surface area contributed by atoms with Crippen molar-refractivity contribution in [2.45, 2.75) is 19.4 Å². The lowest BCUT2D eigenvalue weighted by Gasteiger charge is -2.27. The first-order chi connectivity index (χ1) is 8.69. The topological polar surface area (TPSA) is 108 Å². The molecule has 4 N–H and O–H groups in total. The highest BCUT2D eigenvalue weighted by molar-refractivity contribution is 5.99. The first kappa shape index (κ1) is 12.6. The number of aliphatic hydroxyl groups is 1. The number of aliphatic hydroxyl groups excluding tert-OH is 1. The number of anilines is 1. The van der Waals surface area contributed by atoms with Crippen molar-refractivity contribution >= 4 is 11.7 Å². The molecule has 0 aromatic carbocycles. The summed E-state index contributed by atoms with van der Waals surface area (Å²) in [5.74, 6) is 0.850. The van der Waals surface area contributed by atoms with Crippen molar-refractivity contribution in [2.75, 3.05) is 18.1 Å². The van der Waals surface area contributed by atoms with Crippen LogP contribution in [0.25, 0.3) is 0 Å². The molecule has 0 aliphatic carbocycles. The molecule has 1 aromatic heterocycles. The van der Waals surface area contributed by atoms with E-state index < -0.39 is 0 Å². The summed E-state index contributed by atoms with van der Waals surface area (Å²) < 4.78 is 0. The molecular formula is C11H17N5O2. The van der Waals surface area contributed by atoms with Crippen molar-refractivity contribution < 1.29 is 10.3 Å². The summed E-state index contributed by atoms with van der Waals surface area (Å²) in [6, 6.07) is -0.00746. The third kappa shape index (κ3) is 2.08. The van der Waals surface area contributed by atoms with E-state index in [0.29, 0.717) is 17.4 Å². The van der Waals surface area contributed by atoms with Crippen LogP contribution in [0.2, 0.25) is 0 Å². The number of rotatable bonds is 3. The van der Waals surface area contributed by atoms with Crippen LogP contribution in [-0.4, -0.2) is 45.3 Å². The van der Waals surface area contributed by atoms with E-state index in [0.717, 1.165) is 13.0 Å². The van der Waals surface area contributed by atoms with Crippen molar-refractivity contribution in [3.63, 3.8) is 0 Å². The van der Waals surface area contributed by atoms with Crippen LogP contribution in [-0.2, 0) is 0 Å². The Morgan fingerprint density at radius 1 is 1.56 bits per heavy atom. The lowest BCUT2D eigenvalue weighted by molar-refractivity contribution is 0.244. The van der Waals surface area contributed by atoms with Crippen LogP contribution in [0.1, 0.15) is 19.0 Å². The zero-order valence-electron chi connectivity index (χ0n) is 10.2. The molecule has 2 heterocycles. The molecule has 0 amide bonds. The van der Waals surface area contributed by atoms with Gasteiger partial charge in [0.05, 0.1) is 12.6 Å². The normalized spacial score (nSPS) is 24.6. The fourth-order valence-corrected chi connectivity index (χ4v) is 2.32. The number of hydrogen-bond donors (Lipinski definition) is 3. The summed E-state index contributed by atoms with van der Waals surface area (Å²) >= 11 is 0. The van der Waals surface area contributed by atoms with Gasteiger partial charge in [0.15, 0.2) is 17.3 Å². The van der Waals surface area contributed by atoms with Crippen LogP contribution in [0.3, 0.4) is 0 Å². The Labute approximate surface area is 105 Å². The maximum Gasteiger partial charge on any atom is 0.192 e. The molecule has 7 nitrogen and oxygen atoms in total. The van der Waals surface area contributed by atoms with Crippen molar-refractivity contribution in [3.05, 3.63) is 18.1 Å². The highest BCUT2D eigenvalue weighted by Crippen LogP contribution is 2.29. The van der Waals surface area contributed by atoms with Crippen molar-refractivity contribution in [3.8, 4) is 0 Å². The van der Waals surface area contributed by atoms with E-state index >= 15 is 0 Å². The van der Waals surface area contributed by atoms with Crippen molar-refractivity contribution in [1.82, 2.24) is 9.97 Å². The minimum atomic E-state index is -0.0747. The minimum absolute atomic E-state index is 0.00746. The molecule has 0 radical (unpaired) electrons. The Kier molecular flexibility index (Phi) is 3.61. The fraction of sp³-hybridized carbons (Fsp3) is 0.545. The van der Waals surface area contributed by atoms with Gasteiger partial charge in [0.25, 0.3) is 0 Å². The lowest BCUT2D eigenvalue weighted by Crippen LogP contribution is -2.37. The number of amidine groups is 1. The van der Waals surface area contributed by atoms with Gasteiger partial charge in [0.2, 0.25) is 0 Å². The molecule has 2 unspecified atom stereocenters. The van der Waals surface area contributed by atoms with Gasteiger partial charge in [0, 0.05) is 18.9 Å². The van der Waals surface area contributed by atoms with Gasteiger partial charge in [-0.1, -0.05) is 12.1 Å². The molecular weight excluding hydrogens is 234 g/mol. The third-order valence-corrected chi connectivity index (χ3v) is 3.37. The maximum atomic E-state index is 9.45. The molecule has 1 aliphatic rings. The maximum absolute atomic E-state index is 9.45. The van der Waals surface area contributed by atoms with E-state index in [1.54, 1.807) is 6.20 Å². The predicted octanol–water partition coefficient (Wildman–Crippen LogP) is -0.222. The second-order valence-electron chi connectivity index (χ2n) is 4.42. The standard InChI is InChI=1S/C11H17N5O2/c1-7-2-5-16(8(7)6-17)11-9(10(12)15-18)13-3-4-14-11/h3-4,7-8,17-18H,2,5-6H2,1H3,(H2,12,15). The Balaban J connectivity index is 2.39. The first-order valence-corrected chi connectivity index (χ1v) is 5.85. The van der Waals surface area contributed by atoms with Gasteiger partial charge in [-0.05, 0) is 12.3 Å². The number of aromatic nitrogens is 2. The summed E-state index contributed by atoms with van der Waals surface area (Å²) in [5.41, 5.74) is 5.93. The van der Waals surface area contributed by atoms with E-state index in [1.165, 1.54) is 6.20 Å². The molecule has 1 aromatic rings. The molecule has 0 spiro atoms. The molecule has 18 heavy (non-hydrogen) atoms. The zero-order chi connectivity index (χ0) is 13.1. The number of hydrogen-bond acceptors (Lipinski definition) is 6. The first-order valence-electron chi connectivity index (χ1n) is 5.85. The summed E-state index contributed by atoms with van der Waals surface area (Å²) in [6.45, 7) is 2.91. The summed E-state index contributed by atoms with van der Waals surface area (Å²) in [7, 11) is 0. The second kappa shape index (κ2) is 5.18. The summed E-state index contributed by atoms with van der Waals surface area (Å²) in [4.78, 5) is 10.3. The van der Waals surface area contributed by atoms with Crippen LogP contribution in [0.15, 0.2) is 17.5 Å². The molecule has 2 rings (SSSR count). The Hall–Kier alpha value is -1.89. The van der Waals surface area contributed by atoms with Gasteiger partial charge in [-0.15, -0.1) is 0 Å². The number of nitrogens with zero attached hydrogens (tertiary/aromatic N) is 4. The summed E-state index contributed by atoms with van der Waals surface area (Å²) in [5, 5.41) is 21.2. The minimum Gasteiger partial charge on any atom is -0.409 e. The Morgan fingerprint density at radius 3 is 2.94 bits per heavy atom.